The van der Waals surface area contributed by atoms with E-state index >= 15 is 0 Å². The van der Waals surface area contributed by atoms with Gasteiger partial charge in [-0.15, -0.1) is 0 Å². The lowest BCUT2D eigenvalue weighted by Gasteiger charge is -2.33. The van der Waals surface area contributed by atoms with Crippen molar-refractivity contribution >= 4 is 11.9 Å². The lowest BCUT2D eigenvalue weighted by Crippen LogP contribution is -2.51. The van der Waals surface area contributed by atoms with E-state index in [-0.39, 0.29) is 36.1 Å². The number of carbonyl (C=O) groups excluding carboxylic acids is 1. The van der Waals surface area contributed by atoms with Crippen LogP contribution >= 0.6 is 0 Å². The Morgan fingerprint density at radius 2 is 1.72 bits per heavy atom. The van der Waals surface area contributed by atoms with Gasteiger partial charge in [0, 0.05) is 31.5 Å². The van der Waals surface area contributed by atoms with E-state index in [1.54, 1.807) is 11.8 Å². The normalized spacial score (nSPS) is 19.8. The summed E-state index contributed by atoms with van der Waals surface area (Å²) < 4.78 is 77.9. The molecule has 3 N–H and O–H groups in total. The topological polar surface area (TPSA) is 116 Å². The van der Waals surface area contributed by atoms with E-state index in [2.05, 4.69) is 25.7 Å². The number of hydrogen-bond donors (Lipinski definition) is 3. The van der Waals surface area contributed by atoms with E-state index in [1.165, 1.54) is 0 Å². The van der Waals surface area contributed by atoms with Crippen LogP contribution in [0.1, 0.15) is 54.6 Å². The molecule has 2 atom stereocenters. The number of nitrogens with zero attached hydrogens (tertiary/aromatic N) is 4. The minimum absolute atomic E-state index is 0.00678. The monoisotopic (exact) mass is 519 g/mol. The number of carbonyl (C=O) groups is 1. The third-order valence-corrected chi connectivity index (χ3v) is 6.35. The average Bonchev–Trinajstić information content (AvgIpc) is 3.20. The minimum atomic E-state index is -4.82. The van der Waals surface area contributed by atoms with Crippen LogP contribution in [0.2, 0.25) is 0 Å². The molecular formula is C21H23F6N7O2. The largest absolute Gasteiger partial charge is 0.422 e. The summed E-state index contributed by atoms with van der Waals surface area (Å²) in [6, 6.07) is -1.50. The highest BCUT2D eigenvalue weighted by molar-refractivity contribution is 5.81. The quantitative estimate of drug-likeness (QED) is 0.520. The number of rotatable bonds is 5. The molecule has 15 heteroatoms. The fourth-order valence-electron chi connectivity index (χ4n) is 4.51. The van der Waals surface area contributed by atoms with Crippen LogP contribution in [0.25, 0.3) is 0 Å². The SMILES string of the molecule is C[C@H](NC1CCN(c2ncc(C(F)(F)F)cn2)CC1)C(=O)N[C@@H]1CCc2c1n[nH]c(=O)c2C(F)(F)F. The smallest absolute Gasteiger partial charge is 0.346 e. The van der Waals surface area contributed by atoms with Gasteiger partial charge in [0.1, 0.15) is 5.56 Å². The molecule has 9 nitrogen and oxygen atoms in total. The maximum Gasteiger partial charge on any atom is 0.422 e. The number of H-pyrrole nitrogens is 1. The molecule has 2 aromatic heterocycles. The second kappa shape index (κ2) is 9.67. The first-order chi connectivity index (χ1) is 16.8. The molecule has 1 saturated heterocycles. The van der Waals surface area contributed by atoms with Crippen molar-refractivity contribution in [1.29, 1.82) is 0 Å². The first-order valence-electron chi connectivity index (χ1n) is 11.2. The van der Waals surface area contributed by atoms with Crippen LogP contribution in [0.5, 0.6) is 0 Å². The van der Waals surface area contributed by atoms with E-state index < -0.39 is 47.0 Å². The number of hydrogen-bond acceptors (Lipinski definition) is 7. The summed E-state index contributed by atoms with van der Waals surface area (Å²) in [6.45, 7) is 2.55. The highest BCUT2D eigenvalue weighted by Crippen LogP contribution is 2.37. The van der Waals surface area contributed by atoms with Crippen molar-refractivity contribution in [3.63, 3.8) is 0 Å². The number of alkyl halides is 6. The standard InChI is InChI=1S/C21H23F6N7O2/c1-10(17(35)31-14-3-2-13-15(21(25,26)27)18(36)33-32-16(13)14)30-12-4-6-34(7-5-12)19-28-8-11(9-29-19)20(22,23)24/h8-10,12,14,30H,2-7H2,1H3,(H,31,35)(H,33,36)/t10-,14+/m0/s1. The molecule has 0 radical (unpaired) electrons. The predicted octanol–water partition coefficient (Wildman–Crippen LogP) is 2.35. The predicted molar refractivity (Wildman–Crippen MR) is 114 cm³/mol. The second-order valence-corrected chi connectivity index (χ2v) is 8.81. The van der Waals surface area contributed by atoms with Gasteiger partial charge in [0.25, 0.3) is 5.56 Å². The van der Waals surface area contributed by atoms with Gasteiger partial charge in [-0.05, 0) is 38.2 Å². The van der Waals surface area contributed by atoms with Crippen LogP contribution in [0.3, 0.4) is 0 Å². The van der Waals surface area contributed by atoms with Crippen LogP contribution < -0.4 is 21.1 Å². The highest BCUT2D eigenvalue weighted by Gasteiger charge is 2.41. The zero-order chi connectivity index (χ0) is 26.3. The van der Waals surface area contributed by atoms with Crippen molar-refractivity contribution in [2.24, 2.45) is 0 Å². The van der Waals surface area contributed by atoms with Gasteiger partial charge >= 0.3 is 12.4 Å². The Kier molecular flexibility index (Phi) is 6.94. The molecule has 1 aliphatic carbocycles. The number of piperidine rings is 1. The maximum atomic E-state index is 13.3. The Bertz CT molecular complexity index is 1160. The van der Waals surface area contributed by atoms with Gasteiger partial charge in [0.15, 0.2) is 0 Å². The van der Waals surface area contributed by atoms with Gasteiger partial charge in [-0.25, -0.2) is 15.1 Å². The van der Waals surface area contributed by atoms with E-state index in [0.29, 0.717) is 25.9 Å². The molecule has 0 unspecified atom stereocenters. The fourth-order valence-corrected chi connectivity index (χ4v) is 4.51. The Balaban J connectivity index is 1.31. The Hall–Kier alpha value is -3.23. The number of fused-ring (bicyclic) bond motifs is 1. The van der Waals surface area contributed by atoms with Gasteiger partial charge in [-0.3, -0.25) is 9.59 Å². The first-order valence-corrected chi connectivity index (χ1v) is 11.2. The molecule has 2 aromatic rings. The molecule has 1 aliphatic heterocycles. The van der Waals surface area contributed by atoms with Crippen LogP contribution in [-0.4, -0.2) is 51.2 Å². The molecule has 1 amide bonds. The molecule has 196 valence electrons. The Morgan fingerprint density at radius 3 is 2.31 bits per heavy atom. The molecular weight excluding hydrogens is 496 g/mol. The van der Waals surface area contributed by atoms with E-state index in [1.807, 2.05) is 5.10 Å². The molecule has 36 heavy (non-hydrogen) atoms. The average molecular weight is 519 g/mol. The number of anilines is 1. The molecule has 1 fully saturated rings. The number of amides is 1. The first kappa shape index (κ1) is 25.9. The fraction of sp³-hybridized carbons (Fsp3) is 0.571. The molecule has 0 spiro atoms. The summed E-state index contributed by atoms with van der Waals surface area (Å²) in [6.07, 6.45) is -6.55. The van der Waals surface area contributed by atoms with E-state index in [9.17, 15) is 35.9 Å². The Morgan fingerprint density at radius 1 is 1.08 bits per heavy atom. The van der Waals surface area contributed by atoms with E-state index in [4.69, 9.17) is 0 Å². The molecule has 2 aliphatic rings. The van der Waals surface area contributed by atoms with E-state index in [0.717, 1.165) is 12.4 Å². The summed E-state index contributed by atoms with van der Waals surface area (Å²) >= 11 is 0. The number of aromatic amines is 1. The van der Waals surface area contributed by atoms with Crippen LogP contribution in [0, 0.1) is 0 Å². The van der Waals surface area contributed by atoms with Crippen molar-refractivity contribution in [2.75, 3.05) is 18.0 Å². The summed E-state index contributed by atoms with van der Waals surface area (Å²) in [5.41, 5.74) is -3.71. The number of aromatic nitrogens is 4. The molecule has 0 bridgehead atoms. The van der Waals surface area contributed by atoms with Crippen LogP contribution in [-0.2, 0) is 23.6 Å². The minimum Gasteiger partial charge on any atom is -0.346 e. The maximum absolute atomic E-state index is 13.3. The summed E-state index contributed by atoms with van der Waals surface area (Å²) in [5, 5.41) is 11.5. The number of halogens is 6. The lowest BCUT2D eigenvalue weighted by molar-refractivity contribution is -0.139. The molecule has 0 saturated carbocycles. The number of nitrogens with one attached hydrogen (secondary N) is 3. The Labute approximate surface area is 200 Å². The second-order valence-electron chi connectivity index (χ2n) is 8.81. The highest BCUT2D eigenvalue weighted by atomic mass is 19.4. The molecule has 0 aromatic carbocycles. The van der Waals surface area contributed by atoms with Crippen molar-refractivity contribution in [3.8, 4) is 0 Å². The molecule has 3 heterocycles. The zero-order valence-electron chi connectivity index (χ0n) is 19.0. The third-order valence-electron chi connectivity index (χ3n) is 6.35. The van der Waals surface area contributed by atoms with Gasteiger partial charge in [-0.1, -0.05) is 0 Å². The van der Waals surface area contributed by atoms with Gasteiger partial charge in [0.05, 0.1) is 23.3 Å². The van der Waals surface area contributed by atoms with Gasteiger partial charge < -0.3 is 15.5 Å². The lowest BCUT2D eigenvalue weighted by atomic mass is 10.0. The summed E-state index contributed by atoms with van der Waals surface area (Å²) in [7, 11) is 0. The van der Waals surface area contributed by atoms with Crippen molar-refractivity contribution in [3.05, 3.63) is 45.1 Å². The summed E-state index contributed by atoms with van der Waals surface area (Å²) in [4.78, 5) is 33.7. The molecule has 4 rings (SSSR count). The van der Waals surface area contributed by atoms with Gasteiger partial charge in [-0.2, -0.15) is 31.4 Å². The summed E-state index contributed by atoms with van der Waals surface area (Å²) in [5.74, 6) is -0.237. The van der Waals surface area contributed by atoms with Crippen molar-refractivity contribution < 1.29 is 31.1 Å². The van der Waals surface area contributed by atoms with Gasteiger partial charge in [0.2, 0.25) is 11.9 Å². The van der Waals surface area contributed by atoms with Crippen molar-refractivity contribution in [2.45, 2.75) is 63.1 Å². The van der Waals surface area contributed by atoms with Crippen LogP contribution in [0.4, 0.5) is 32.3 Å². The zero-order valence-corrected chi connectivity index (χ0v) is 19.0. The van der Waals surface area contributed by atoms with Crippen molar-refractivity contribution in [1.82, 2.24) is 30.8 Å². The van der Waals surface area contributed by atoms with Crippen LogP contribution in [0.15, 0.2) is 17.2 Å². The third kappa shape index (κ3) is 5.44.